The van der Waals surface area contributed by atoms with Crippen molar-refractivity contribution in [3.05, 3.63) is 28.8 Å². The van der Waals surface area contributed by atoms with Gasteiger partial charge in [-0.05, 0) is 88.4 Å². The number of hydrogen-bond acceptors (Lipinski definition) is 5. The smallest absolute Gasteiger partial charge is 0.342 e. The van der Waals surface area contributed by atoms with E-state index >= 15 is 0 Å². The molecular formula is C21H26ClN3O3S. The Hall–Kier alpha value is -1.75. The summed E-state index contributed by atoms with van der Waals surface area (Å²) in [4.78, 5) is 27.4. The summed E-state index contributed by atoms with van der Waals surface area (Å²) >= 11 is 7.58. The second-order valence-corrected chi connectivity index (χ2v) is 9.82. The Kier molecular flexibility index (Phi) is 6.77. The Labute approximate surface area is 180 Å². The Balaban J connectivity index is 1.72. The van der Waals surface area contributed by atoms with Crippen molar-refractivity contribution in [3.8, 4) is 6.07 Å². The van der Waals surface area contributed by atoms with Crippen molar-refractivity contribution in [2.45, 2.75) is 63.2 Å². The number of halogens is 1. The largest absolute Gasteiger partial charge is 0.396 e. The number of benzene rings is 1. The molecule has 1 saturated heterocycles. The maximum atomic E-state index is 13.2. The average Bonchev–Trinajstić information content (AvgIpc) is 2.87. The minimum Gasteiger partial charge on any atom is -0.396 e. The molecule has 8 heteroatoms. The van der Waals surface area contributed by atoms with Gasteiger partial charge in [0.15, 0.2) is 0 Å². The average molecular weight is 436 g/mol. The number of rotatable bonds is 6. The van der Waals surface area contributed by atoms with Crippen LogP contribution in [0.1, 0.15) is 57.9 Å². The first-order valence-electron chi connectivity index (χ1n) is 9.95. The normalized spacial score (nSPS) is 24.1. The third kappa shape index (κ3) is 4.40. The minimum absolute atomic E-state index is 0.218. The number of nitrogens with zero attached hydrogens (tertiary/aromatic N) is 3. The first-order valence-corrected chi connectivity index (χ1v) is 11.2. The van der Waals surface area contributed by atoms with Gasteiger partial charge in [-0.1, -0.05) is 11.6 Å². The van der Waals surface area contributed by atoms with Crippen LogP contribution in [-0.4, -0.2) is 38.7 Å². The van der Waals surface area contributed by atoms with Crippen LogP contribution in [-0.2, 0) is 4.79 Å². The summed E-state index contributed by atoms with van der Waals surface area (Å²) < 4.78 is 1.60. The number of amides is 3. The van der Waals surface area contributed by atoms with Gasteiger partial charge in [-0.25, -0.2) is 9.69 Å². The van der Waals surface area contributed by atoms with Gasteiger partial charge in [0.1, 0.15) is 11.6 Å². The van der Waals surface area contributed by atoms with E-state index in [0.29, 0.717) is 22.4 Å². The molecule has 0 bridgehead atoms. The van der Waals surface area contributed by atoms with E-state index in [0.717, 1.165) is 43.4 Å². The third-order valence-corrected chi connectivity index (χ3v) is 7.65. The number of aliphatic hydroxyl groups excluding tert-OH is 1. The zero-order chi connectivity index (χ0) is 21.2. The summed E-state index contributed by atoms with van der Waals surface area (Å²) in [5.74, 6) is 0.340. The first kappa shape index (κ1) is 21.9. The van der Waals surface area contributed by atoms with Crippen LogP contribution in [0, 0.1) is 17.2 Å². The Morgan fingerprint density at radius 2 is 1.97 bits per heavy atom. The van der Waals surface area contributed by atoms with Gasteiger partial charge in [-0.3, -0.25) is 9.10 Å². The summed E-state index contributed by atoms with van der Waals surface area (Å²) in [7, 11) is 0. The van der Waals surface area contributed by atoms with Crippen molar-refractivity contribution in [3.63, 3.8) is 0 Å². The van der Waals surface area contributed by atoms with Crippen LogP contribution in [0.15, 0.2) is 18.2 Å². The second kappa shape index (κ2) is 8.95. The van der Waals surface area contributed by atoms with Crippen LogP contribution >= 0.6 is 23.5 Å². The molecule has 1 heterocycles. The van der Waals surface area contributed by atoms with Gasteiger partial charge in [0.05, 0.1) is 16.3 Å². The summed E-state index contributed by atoms with van der Waals surface area (Å²) in [5.41, 5.74) is -0.276. The van der Waals surface area contributed by atoms with Gasteiger partial charge >= 0.3 is 6.03 Å². The number of imide groups is 1. The molecule has 0 radical (unpaired) electrons. The lowest BCUT2D eigenvalue weighted by Crippen LogP contribution is -2.41. The van der Waals surface area contributed by atoms with E-state index in [1.54, 1.807) is 24.2 Å². The van der Waals surface area contributed by atoms with Crippen molar-refractivity contribution >= 4 is 41.2 Å². The molecule has 3 rings (SSSR count). The highest BCUT2D eigenvalue weighted by Gasteiger charge is 2.53. The highest BCUT2D eigenvalue weighted by molar-refractivity contribution is 7.98. The third-order valence-electron chi connectivity index (χ3n) is 5.75. The maximum absolute atomic E-state index is 13.2. The number of anilines is 1. The van der Waals surface area contributed by atoms with E-state index in [2.05, 4.69) is 0 Å². The van der Waals surface area contributed by atoms with E-state index in [1.807, 2.05) is 6.07 Å². The van der Waals surface area contributed by atoms with Crippen molar-refractivity contribution in [1.29, 1.82) is 5.26 Å². The summed E-state index contributed by atoms with van der Waals surface area (Å²) in [6.45, 7) is 3.76. The number of hydrogen-bond donors (Lipinski definition) is 1. The van der Waals surface area contributed by atoms with Crippen molar-refractivity contribution in [2.24, 2.45) is 5.92 Å². The zero-order valence-corrected chi connectivity index (χ0v) is 18.3. The lowest BCUT2D eigenvalue weighted by atomic mass is 9.86. The molecule has 2 fully saturated rings. The van der Waals surface area contributed by atoms with Crippen molar-refractivity contribution in [1.82, 2.24) is 4.31 Å². The monoisotopic (exact) mass is 435 g/mol. The second-order valence-electron chi connectivity index (χ2n) is 8.17. The fraction of sp³-hybridized carbons (Fsp3) is 0.571. The lowest BCUT2D eigenvalue weighted by Gasteiger charge is -2.33. The van der Waals surface area contributed by atoms with Crippen LogP contribution in [0.4, 0.5) is 10.5 Å². The minimum atomic E-state index is -0.962. The van der Waals surface area contributed by atoms with E-state index in [-0.39, 0.29) is 23.6 Å². The number of carbonyl (C=O) groups is 2. The Morgan fingerprint density at radius 1 is 1.28 bits per heavy atom. The summed E-state index contributed by atoms with van der Waals surface area (Å²) in [5, 5.41) is 18.6. The van der Waals surface area contributed by atoms with Gasteiger partial charge < -0.3 is 5.11 Å². The van der Waals surface area contributed by atoms with E-state index in [9.17, 15) is 9.59 Å². The molecule has 2 aliphatic rings. The van der Waals surface area contributed by atoms with Crippen LogP contribution in [0.25, 0.3) is 0 Å². The van der Waals surface area contributed by atoms with Gasteiger partial charge in [-0.2, -0.15) is 5.26 Å². The fourth-order valence-corrected chi connectivity index (χ4v) is 5.48. The SMILES string of the molecule is CC1(C)C(=O)N(c2ccc(C#N)c(Cl)c2)C(=O)N1SC1CCC(CCCO)CC1. The van der Waals surface area contributed by atoms with E-state index in [1.165, 1.54) is 24.1 Å². The molecule has 3 amide bonds. The fourth-order valence-electron chi connectivity index (χ4n) is 3.97. The molecule has 1 aromatic carbocycles. The van der Waals surface area contributed by atoms with Crippen LogP contribution in [0.2, 0.25) is 5.02 Å². The molecule has 0 aromatic heterocycles. The molecule has 0 spiro atoms. The highest BCUT2D eigenvalue weighted by atomic mass is 35.5. The number of carbonyl (C=O) groups excluding carboxylic acids is 2. The zero-order valence-electron chi connectivity index (χ0n) is 16.7. The molecule has 1 aliphatic carbocycles. The van der Waals surface area contributed by atoms with Crippen LogP contribution in [0.5, 0.6) is 0 Å². The Morgan fingerprint density at radius 3 is 2.55 bits per heavy atom. The van der Waals surface area contributed by atoms with Gasteiger partial charge in [0.25, 0.3) is 5.91 Å². The topological polar surface area (TPSA) is 84.6 Å². The van der Waals surface area contributed by atoms with E-state index < -0.39 is 5.54 Å². The quantitative estimate of drug-likeness (QED) is 0.515. The Bertz CT molecular complexity index is 831. The molecule has 1 aliphatic heterocycles. The van der Waals surface area contributed by atoms with Crippen LogP contribution in [0.3, 0.4) is 0 Å². The first-order chi connectivity index (χ1) is 13.8. The molecule has 6 nitrogen and oxygen atoms in total. The molecule has 0 atom stereocenters. The number of urea groups is 1. The molecule has 1 saturated carbocycles. The predicted molar refractivity (Wildman–Crippen MR) is 115 cm³/mol. The molecule has 0 unspecified atom stereocenters. The molecule has 1 aromatic rings. The molecule has 29 heavy (non-hydrogen) atoms. The van der Waals surface area contributed by atoms with Gasteiger partial charge in [-0.15, -0.1) is 0 Å². The molecule has 156 valence electrons. The molecular weight excluding hydrogens is 410 g/mol. The lowest BCUT2D eigenvalue weighted by molar-refractivity contribution is -0.122. The predicted octanol–water partition coefficient (Wildman–Crippen LogP) is 4.74. The van der Waals surface area contributed by atoms with Crippen molar-refractivity contribution < 1.29 is 14.7 Å². The van der Waals surface area contributed by atoms with Gasteiger partial charge in [0, 0.05) is 11.9 Å². The standard InChI is InChI=1S/C21H26ClN3O3S/c1-21(2)19(27)24(16-8-7-15(13-23)18(22)12-16)20(28)25(21)29-17-9-5-14(6-10-17)4-3-11-26/h7-8,12,14,17,26H,3-6,9-11H2,1-2H3. The van der Waals surface area contributed by atoms with E-state index in [4.69, 9.17) is 22.0 Å². The number of aliphatic hydroxyl groups is 1. The number of nitriles is 1. The molecule has 1 N–H and O–H groups in total. The van der Waals surface area contributed by atoms with Crippen LogP contribution < -0.4 is 4.90 Å². The highest BCUT2D eigenvalue weighted by Crippen LogP contribution is 2.43. The van der Waals surface area contributed by atoms with Crippen molar-refractivity contribution in [2.75, 3.05) is 11.5 Å². The van der Waals surface area contributed by atoms with Gasteiger partial charge in [0.2, 0.25) is 0 Å². The summed E-state index contributed by atoms with van der Waals surface area (Å²) in [6.07, 6.45) is 6.06. The summed E-state index contributed by atoms with van der Waals surface area (Å²) in [6, 6.07) is 6.21. The maximum Gasteiger partial charge on any atom is 0.342 e.